The van der Waals surface area contributed by atoms with E-state index in [1.165, 1.54) is 16.9 Å². The monoisotopic (exact) mass is 316 g/mol. The molecule has 1 fully saturated rings. The lowest BCUT2D eigenvalue weighted by atomic mass is 9.75. The summed E-state index contributed by atoms with van der Waals surface area (Å²) in [5.74, 6) is -0.0214. The average Bonchev–Trinajstić information content (AvgIpc) is 3.10. The lowest BCUT2D eigenvalue weighted by molar-refractivity contribution is 0.0268. The standard InChI is InChI=1S/C17H20N2O2S/c20-12-17(9-14-5-2-1-3-6-14)7-4-8-19(11-17)16(21)15-10-22-13-18-15/h1-3,5-6,10,13,20H,4,7-9,11-12H2. The van der Waals surface area contributed by atoms with Gasteiger partial charge in [-0.3, -0.25) is 4.79 Å². The minimum atomic E-state index is -0.245. The third kappa shape index (κ3) is 3.20. The Morgan fingerprint density at radius 3 is 2.86 bits per heavy atom. The largest absolute Gasteiger partial charge is 0.396 e. The molecule has 0 saturated carbocycles. The average molecular weight is 316 g/mol. The fourth-order valence-corrected chi connectivity index (χ4v) is 3.75. The van der Waals surface area contributed by atoms with Crippen molar-refractivity contribution in [2.75, 3.05) is 19.7 Å². The predicted octanol–water partition coefficient (Wildman–Crippen LogP) is 2.60. The SMILES string of the molecule is O=C(c1cscn1)N1CCCC(CO)(Cc2ccccc2)C1. The van der Waals surface area contributed by atoms with Crippen LogP contribution in [-0.2, 0) is 6.42 Å². The van der Waals surface area contributed by atoms with E-state index in [1.54, 1.807) is 10.9 Å². The fraction of sp³-hybridized carbons (Fsp3) is 0.412. The maximum absolute atomic E-state index is 12.5. The Balaban J connectivity index is 1.76. The summed E-state index contributed by atoms with van der Waals surface area (Å²) in [5, 5.41) is 11.8. The number of rotatable bonds is 4. The van der Waals surface area contributed by atoms with E-state index in [9.17, 15) is 9.90 Å². The van der Waals surface area contributed by atoms with Gasteiger partial charge >= 0.3 is 0 Å². The minimum Gasteiger partial charge on any atom is -0.396 e. The number of piperidine rings is 1. The first kappa shape index (κ1) is 15.2. The molecule has 2 aromatic rings. The van der Waals surface area contributed by atoms with Crippen LogP contribution in [0.1, 0.15) is 28.9 Å². The van der Waals surface area contributed by atoms with Gasteiger partial charge in [0.1, 0.15) is 5.69 Å². The van der Waals surface area contributed by atoms with E-state index in [0.29, 0.717) is 12.2 Å². The molecular weight excluding hydrogens is 296 g/mol. The molecule has 1 aliphatic heterocycles. The van der Waals surface area contributed by atoms with Gasteiger partial charge in [0.15, 0.2) is 0 Å². The molecule has 1 amide bonds. The predicted molar refractivity (Wildman–Crippen MR) is 86.9 cm³/mol. The molecule has 22 heavy (non-hydrogen) atoms. The Kier molecular flexibility index (Phi) is 4.55. The first-order valence-electron chi connectivity index (χ1n) is 7.55. The van der Waals surface area contributed by atoms with Crippen molar-refractivity contribution in [1.29, 1.82) is 0 Å². The Morgan fingerprint density at radius 2 is 2.18 bits per heavy atom. The van der Waals surface area contributed by atoms with E-state index in [0.717, 1.165) is 25.8 Å². The molecule has 3 rings (SSSR count). The Hall–Kier alpha value is -1.72. The highest BCUT2D eigenvalue weighted by Gasteiger charge is 2.37. The number of amides is 1. The van der Waals surface area contributed by atoms with Crippen LogP contribution in [0.15, 0.2) is 41.2 Å². The van der Waals surface area contributed by atoms with Crippen LogP contribution in [0.5, 0.6) is 0 Å². The third-order valence-corrected chi connectivity index (χ3v) is 4.94. The van der Waals surface area contributed by atoms with Crippen LogP contribution in [0.25, 0.3) is 0 Å². The molecule has 1 saturated heterocycles. The van der Waals surface area contributed by atoms with Crippen molar-refractivity contribution in [3.8, 4) is 0 Å². The van der Waals surface area contributed by atoms with Gasteiger partial charge in [-0.2, -0.15) is 0 Å². The van der Waals surface area contributed by atoms with E-state index in [4.69, 9.17) is 0 Å². The number of thiazole rings is 1. The molecule has 1 aliphatic rings. The maximum atomic E-state index is 12.5. The quantitative estimate of drug-likeness (QED) is 0.943. The number of carbonyl (C=O) groups excluding carboxylic acids is 1. The van der Waals surface area contributed by atoms with Gasteiger partial charge in [-0.05, 0) is 24.8 Å². The van der Waals surface area contributed by atoms with Crippen molar-refractivity contribution in [2.45, 2.75) is 19.3 Å². The zero-order chi connectivity index (χ0) is 15.4. The molecule has 5 heteroatoms. The number of aliphatic hydroxyl groups is 1. The van der Waals surface area contributed by atoms with Gasteiger partial charge in [0.05, 0.1) is 12.1 Å². The summed E-state index contributed by atoms with van der Waals surface area (Å²) in [7, 11) is 0. The van der Waals surface area contributed by atoms with Gasteiger partial charge in [-0.1, -0.05) is 30.3 Å². The molecule has 4 nitrogen and oxygen atoms in total. The number of aromatic nitrogens is 1. The third-order valence-electron chi connectivity index (χ3n) is 4.36. The topological polar surface area (TPSA) is 53.4 Å². The zero-order valence-electron chi connectivity index (χ0n) is 12.4. The molecular formula is C17H20N2O2S. The number of carbonyl (C=O) groups is 1. The van der Waals surface area contributed by atoms with Crippen molar-refractivity contribution in [1.82, 2.24) is 9.88 Å². The summed E-state index contributed by atoms with van der Waals surface area (Å²) in [4.78, 5) is 18.5. The first-order valence-corrected chi connectivity index (χ1v) is 8.49. The van der Waals surface area contributed by atoms with Crippen LogP contribution >= 0.6 is 11.3 Å². The smallest absolute Gasteiger partial charge is 0.273 e. The second-order valence-electron chi connectivity index (χ2n) is 6.02. The number of nitrogens with zero attached hydrogens (tertiary/aromatic N) is 2. The van der Waals surface area contributed by atoms with E-state index in [2.05, 4.69) is 17.1 Å². The fourth-order valence-electron chi connectivity index (χ4n) is 3.22. The van der Waals surface area contributed by atoms with Crippen LogP contribution in [0.4, 0.5) is 0 Å². The maximum Gasteiger partial charge on any atom is 0.273 e. The van der Waals surface area contributed by atoms with Crippen LogP contribution in [0, 0.1) is 5.41 Å². The number of aliphatic hydroxyl groups excluding tert-OH is 1. The van der Waals surface area contributed by atoms with Gasteiger partial charge in [0.2, 0.25) is 0 Å². The molecule has 2 heterocycles. The molecule has 1 atom stereocenters. The molecule has 116 valence electrons. The normalized spacial score (nSPS) is 21.8. The molecule has 0 bridgehead atoms. The van der Waals surface area contributed by atoms with E-state index < -0.39 is 0 Å². The molecule has 0 spiro atoms. The van der Waals surface area contributed by atoms with Crippen LogP contribution in [0.3, 0.4) is 0 Å². The van der Waals surface area contributed by atoms with E-state index in [-0.39, 0.29) is 17.9 Å². The number of hydrogen-bond donors (Lipinski definition) is 1. The highest BCUT2D eigenvalue weighted by Crippen LogP contribution is 2.34. The zero-order valence-corrected chi connectivity index (χ0v) is 13.3. The molecule has 1 N–H and O–H groups in total. The number of benzene rings is 1. The first-order chi connectivity index (χ1) is 10.7. The van der Waals surface area contributed by atoms with Gasteiger partial charge in [-0.15, -0.1) is 11.3 Å². The molecule has 1 aromatic carbocycles. The van der Waals surface area contributed by atoms with Gasteiger partial charge in [-0.25, -0.2) is 4.98 Å². The second-order valence-corrected chi connectivity index (χ2v) is 6.74. The summed E-state index contributed by atoms with van der Waals surface area (Å²) in [5.41, 5.74) is 3.16. The number of hydrogen-bond acceptors (Lipinski definition) is 4. The highest BCUT2D eigenvalue weighted by atomic mass is 32.1. The summed E-state index contributed by atoms with van der Waals surface area (Å²) in [6.07, 6.45) is 2.66. The van der Waals surface area contributed by atoms with Crippen molar-refractivity contribution in [3.05, 3.63) is 52.5 Å². The Labute approximate surface area is 134 Å². The molecule has 0 aliphatic carbocycles. The second kappa shape index (κ2) is 6.58. The lowest BCUT2D eigenvalue weighted by Crippen LogP contribution is -2.49. The lowest BCUT2D eigenvalue weighted by Gasteiger charge is -2.41. The van der Waals surface area contributed by atoms with Crippen LogP contribution in [0.2, 0.25) is 0 Å². The molecule has 1 aromatic heterocycles. The summed E-state index contributed by atoms with van der Waals surface area (Å²) < 4.78 is 0. The van der Waals surface area contributed by atoms with Crippen molar-refractivity contribution >= 4 is 17.2 Å². The Morgan fingerprint density at radius 1 is 1.36 bits per heavy atom. The van der Waals surface area contributed by atoms with Crippen LogP contribution in [-0.4, -0.2) is 40.6 Å². The summed E-state index contributed by atoms with van der Waals surface area (Å²) in [6, 6.07) is 10.2. The summed E-state index contributed by atoms with van der Waals surface area (Å²) >= 11 is 1.43. The van der Waals surface area contributed by atoms with Crippen molar-refractivity contribution in [2.24, 2.45) is 5.41 Å². The minimum absolute atomic E-state index is 0.0214. The van der Waals surface area contributed by atoms with Gasteiger partial charge in [0.25, 0.3) is 5.91 Å². The molecule has 0 radical (unpaired) electrons. The summed E-state index contributed by atoms with van der Waals surface area (Å²) in [6.45, 7) is 1.43. The highest BCUT2D eigenvalue weighted by molar-refractivity contribution is 7.07. The van der Waals surface area contributed by atoms with Crippen molar-refractivity contribution in [3.63, 3.8) is 0 Å². The number of likely N-dealkylation sites (tertiary alicyclic amines) is 1. The van der Waals surface area contributed by atoms with E-state index in [1.807, 2.05) is 23.1 Å². The van der Waals surface area contributed by atoms with Gasteiger partial charge in [0, 0.05) is 23.9 Å². The van der Waals surface area contributed by atoms with Crippen LogP contribution < -0.4 is 0 Å². The Bertz CT molecular complexity index is 615. The van der Waals surface area contributed by atoms with E-state index >= 15 is 0 Å². The molecule has 1 unspecified atom stereocenters. The van der Waals surface area contributed by atoms with Gasteiger partial charge < -0.3 is 10.0 Å². The van der Waals surface area contributed by atoms with Crippen molar-refractivity contribution < 1.29 is 9.90 Å².